The molecular formula is C26H33N7O2. The van der Waals surface area contributed by atoms with Crippen LogP contribution < -0.4 is 15.5 Å². The van der Waals surface area contributed by atoms with E-state index in [2.05, 4.69) is 25.7 Å². The van der Waals surface area contributed by atoms with Gasteiger partial charge in [0.25, 0.3) is 11.8 Å². The molecule has 2 N–H and O–H groups in total. The first kappa shape index (κ1) is 24.5. The number of carbonyl (C=O) groups excluding carboxylic acids is 2. The second-order valence-corrected chi connectivity index (χ2v) is 8.75. The lowest BCUT2D eigenvalue weighted by Gasteiger charge is -2.26. The van der Waals surface area contributed by atoms with Crippen LogP contribution in [-0.4, -0.2) is 51.2 Å². The van der Waals surface area contributed by atoms with E-state index in [1.807, 2.05) is 17.0 Å². The highest BCUT2D eigenvalue weighted by Crippen LogP contribution is 2.25. The van der Waals surface area contributed by atoms with E-state index in [0.29, 0.717) is 37.3 Å². The summed E-state index contributed by atoms with van der Waals surface area (Å²) in [4.78, 5) is 36.2. The van der Waals surface area contributed by atoms with Crippen molar-refractivity contribution in [3.8, 4) is 0 Å². The van der Waals surface area contributed by atoms with Crippen LogP contribution in [0.3, 0.4) is 0 Å². The Morgan fingerprint density at radius 1 is 1.03 bits per heavy atom. The number of aromatic nitrogens is 4. The fourth-order valence-corrected chi connectivity index (χ4v) is 4.27. The number of anilines is 1. The number of nitrogens with zero attached hydrogens (tertiary/aromatic N) is 5. The Morgan fingerprint density at radius 2 is 1.91 bits per heavy atom. The molecule has 0 saturated heterocycles. The molecule has 0 atom stereocenters. The van der Waals surface area contributed by atoms with Crippen LogP contribution in [0.1, 0.15) is 64.8 Å². The van der Waals surface area contributed by atoms with E-state index >= 15 is 0 Å². The van der Waals surface area contributed by atoms with Crippen molar-refractivity contribution in [3.05, 3.63) is 72.1 Å². The normalized spacial score (nSPS) is 14.9. The summed E-state index contributed by atoms with van der Waals surface area (Å²) in [5.74, 6) is -0.190. The highest BCUT2D eigenvalue weighted by atomic mass is 16.2. The molecule has 1 aliphatic heterocycles. The first-order chi connectivity index (χ1) is 17.2. The first-order valence-electron chi connectivity index (χ1n) is 12.4. The Bertz CT molecular complexity index is 1090. The molecule has 0 saturated carbocycles. The fourth-order valence-electron chi connectivity index (χ4n) is 4.27. The highest BCUT2D eigenvalue weighted by molar-refractivity contribution is 6.06. The lowest BCUT2D eigenvalue weighted by molar-refractivity contribution is 0.0951. The fraction of sp³-hybridized carbons (Fsp3) is 0.423. The number of nitrogens with one attached hydrogen (secondary N) is 2. The van der Waals surface area contributed by atoms with Crippen LogP contribution in [0.2, 0.25) is 0 Å². The molecule has 2 amide bonds. The molecule has 3 aromatic rings. The van der Waals surface area contributed by atoms with Gasteiger partial charge in [0.05, 0.1) is 5.56 Å². The minimum atomic E-state index is -0.123. The van der Waals surface area contributed by atoms with Crippen molar-refractivity contribution < 1.29 is 9.59 Å². The molecule has 9 heteroatoms. The van der Waals surface area contributed by atoms with E-state index in [-0.39, 0.29) is 11.8 Å². The van der Waals surface area contributed by atoms with Crippen molar-refractivity contribution in [2.45, 2.75) is 51.6 Å². The zero-order valence-corrected chi connectivity index (χ0v) is 20.0. The van der Waals surface area contributed by atoms with Crippen molar-refractivity contribution >= 4 is 17.5 Å². The molecule has 9 nitrogen and oxygen atoms in total. The van der Waals surface area contributed by atoms with E-state index in [1.165, 1.54) is 19.2 Å². The standard InChI is InChI=1S/C26H33N7O2/c34-25(30-13-7-14-32-20-29-19-31-32)21-9-10-24-23(16-21)18-27-11-4-2-1-3-5-15-33(24)26(35)22-8-6-12-28-17-22/h6,8-10,12,16-17,19-20,27H,1-5,7,11,13-15,18H2,(H,30,34). The van der Waals surface area contributed by atoms with E-state index in [4.69, 9.17) is 0 Å². The number of hydrogen-bond donors (Lipinski definition) is 2. The molecule has 0 unspecified atom stereocenters. The Kier molecular flexibility index (Phi) is 8.94. The van der Waals surface area contributed by atoms with Gasteiger partial charge in [0.1, 0.15) is 12.7 Å². The van der Waals surface area contributed by atoms with Gasteiger partial charge >= 0.3 is 0 Å². The SMILES string of the molecule is O=C(NCCCn1cncn1)c1ccc2c(c1)CNCCCCCCCN2C(=O)c1cccnc1. The van der Waals surface area contributed by atoms with Gasteiger partial charge in [0.15, 0.2) is 0 Å². The van der Waals surface area contributed by atoms with Crippen LogP contribution in [0.25, 0.3) is 0 Å². The lowest BCUT2D eigenvalue weighted by atomic mass is 10.0. The van der Waals surface area contributed by atoms with Gasteiger partial charge in [-0.25, -0.2) is 4.98 Å². The Labute approximate surface area is 206 Å². The van der Waals surface area contributed by atoms with Crippen LogP contribution in [0.5, 0.6) is 0 Å². The molecule has 0 fully saturated rings. The predicted octanol–water partition coefficient (Wildman–Crippen LogP) is 3.19. The molecule has 1 aromatic carbocycles. The number of fused-ring (bicyclic) bond motifs is 1. The summed E-state index contributed by atoms with van der Waals surface area (Å²) in [6, 6.07) is 9.19. The molecule has 0 bridgehead atoms. The Balaban J connectivity index is 1.52. The van der Waals surface area contributed by atoms with Crippen LogP contribution in [0.4, 0.5) is 5.69 Å². The summed E-state index contributed by atoms with van der Waals surface area (Å²) in [5, 5.41) is 10.6. The van der Waals surface area contributed by atoms with Gasteiger partial charge in [-0.3, -0.25) is 19.3 Å². The zero-order valence-electron chi connectivity index (χ0n) is 20.0. The monoisotopic (exact) mass is 475 g/mol. The molecular weight excluding hydrogens is 442 g/mol. The molecule has 2 aromatic heterocycles. The molecule has 4 rings (SSSR count). The third-order valence-electron chi connectivity index (χ3n) is 6.15. The topological polar surface area (TPSA) is 105 Å². The van der Waals surface area contributed by atoms with Gasteiger partial charge in [-0.05, 0) is 61.7 Å². The smallest absolute Gasteiger partial charge is 0.259 e. The molecule has 184 valence electrons. The number of pyridine rings is 1. The lowest BCUT2D eigenvalue weighted by Crippen LogP contribution is -2.34. The van der Waals surface area contributed by atoms with Gasteiger partial charge in [-0.2, -0.15) is 5.10 Å². The first-order valence-corrected chi connectivity index (χ1v) is 12.4. The van der Waals surface area contributed by atoms with Crippen molar-refractivity contribution in [2.75, 3.05) is 24.5 Å². The molecule has 1 aliphatic rings. The van der Waals surface area contributed by atoms with Crippen molar-refractivity contribution in [1.29, 1.82) is 0 Å². The number of carbonyl (C=O) groups is 2. The summed E-state index contributed by atoms with van der Waals surface area (Å²) >= 11 is 0. The number of benzene rings is 1. The van der Waals surface area contributed by atoms with Crippen LogP contribution in [-0.2, 0) is 13.1 Å². The second-order valence-electron chi connectivity index (χ2n) is 8.75. The molecule has 0 aliphatic carbocycles. The van der Waals surface area contributed by atoms with E-state index in [1.54, 1.807) is 41.6 Å². The number of hydrogen-bond acceptors (Lipinski definition) is 6. The maximum absolute atomic E-state index is 13.4. The Morgan fingerprint density at radius 3 is 2.74 bits per heavy atom. The molecule has 3 heterocycles. The van der Waals surface area contributed by atoms with Gasteiger partial charge in [-0.1, -0.05) is 19.3 Å². The average Bonchev–Trinajstić information content (AvgIpc) is 3.41. The van der Waals surface area contributed by atoms with Crippen molar-refractivity contribution in [2.24, 2.45) is 0 Å². The van der Waals surface area contributed by atoms with Crippen LogP contribution in [0, 0.1) is 0 Å². The van der Waals surface area contributed by atoms with Crippen LogP contribution >= 0.6 is 0 Å². The maximum Gasteiger partial charge on any atom is 0.259 e. The predicted molar refractivity (Wildman–Crippen MR) is 134 cm³/mol. The summed E-state index contributed by atoms with van der Waals surface area (Å²) in [7, 11) is 0. The summed E-state index contributed by atoms with van der Waals surface area (Å²) in [6.07, 6.45) is 12.7. The quantitative estimate of drug-likeness (QED) is 0.531. The summed E-state index contributed by atoms with van der Waals surface area (Å²) in [6.45, 7) is 3.38. The van der Waals surface area contributed by atoms with Gasteiger partial charge in [-0.15, -0.1) is 0 Å². The van der Waals surface area contributed by atoms with E-state index in [0.717, 1.165) is 43.5 Å². The van der Waals surface area contributed by atoms with Gasteiger partial charge < -0.3 is 15.5 Å². The van der Waals surface area contributed by atoms with Gasteiger partial charge in [0.2, 0.25) is 0 Å². The molecule has 35 heavy (non-hydrogen) atoms. The van der Waals surface area contributed by atoms with Crippen molar-refractivity contribution in [3.63, 3.8) is 0 Å². The zero-order chi connectivity index (χ0) is 24.3. The van der Waals surface area contributed by atoms with Gasteiger partial charge in [0, 0.05) is 49.8 Å². The van der Waals surface area contributed by atoms with Crippen molar-refractivity contribution in [1.82, 2.24) is 30.4 Å². The minimum absolute atomic E-state index is 0.0678. The average molecular weight is 476 g/mol. The summed E-state index contributed by atoms with van der Waals surface area (Å²) in [5.41, 5.74) is 2.94. The minimum Gasteiger partial charge on any atom is -0.352 e. The number of amides is 2. The summed E-state index contributed by atoms with van der Waals surface area (Å²) < 4.78 is 1.74. The third-order valence-corrected chi connectivity index (χ3v) is 6.15. The number of rotatable bonds is 6. The maximum atomic E-state index is 13.4. The second kappa shape index (κ2) is 12.8. The Hall–Kier alpha value is -3.59. The van der Waals surface area contributed by atoms with E-state index < -0.39 is 0 Å². The highest BCUT2D eigenvalue weighted by Gasteiger charge is 2.21. The van der Waals surface area contributed by atoms with Crippen LogP contribution in [0.15, 0.2) is 55.4 Å². The molecule has 0 spiro atoms. The third kappa shape index (κ3) is 6.95. The molecule has 0 radical (unpaired) electrons. The van der Waals surface area contributed by atoms with E-state index in [9.17, 15) is 9.59 Å². The number of aryl methyl sites for hydroxylation is 1. The largest absolute Gasteiger partial charge is 0.352 e.